The number of hydrogen-bond acceptors (Lipinski definition) is 2. The van der Waals surface area contributed by atoms with Crippen molar-refractivity contribution in [1.29, 1.82) is 0 Å². The molecule has 13 heavy (non-hydrogen) atoms. The third-order valence-electron chi connectivity index (χ3n) is 1.42. The number of aliphatic hydroxyl groups is 1. The number of aromatic nitrogens is 1. The Bertz CT molecular complexity index is 319. The molecule has 0 unspecified atom stereocenters. The van der Waals surface area contributed by atoms with Gasteiger partial charge in [-0.05, 0) is 22.0 Å². The lowest BCUT2D eigenvalue weighted by Crippen LogP contribution is -2.01. The fraction of sp³-hybridized carbons (Fsp3) is 0.286. The number of pyridine rings is 1. The number of halogens is 4. The van der Waals surface area contributed by atoms with E-state index in [0.29, 0.717) is 0 Å². The molecule has 1 heterocycles. The quantitative estimate of drug-likeness (QED) is 0.824. The van der Waals surface area contributed by atoms with E-state index in [1.807, 2.05) is 0 Å². The summed E-state index contributed by atoms with van der Waals surface area (Å²) in [5, 5.41) is 8.63. The van der Waals surface area contributed by atoms with Gasteiger partial charge in [-0.2, -0.15) is 0 Å². The van der Waals surface area contributed by atoms with Crippen molar-refractivity contribution >= 4 is 15.9 Å². The molecule has 0 spiro atoms. The zero-order valence-corrected chi connectivity index (χ0v) is 7.85. The first-order valence-corrected chi connectivity index (χ1v) is 4.09. The first-order valence-electron chi connectivity index (χ1n) is 3.30. The van der Waals surface area contributed by atoms with E-state index in [9.17, 15) is 13.2 Å². The standard InChI is InChI=1S/C7H5BrF3NO/c8-6-4(9)1-3(2-13)5(12-6)7(10)11/h1,7,13H,2H2. The molecule has 6 heteroatoms. The summed E-state index contributed by atoms with van der Waals surface area (Å²) in [5.74, 6) is -0.770. The summed E-state index contributed by atoms with van der Waals surface area (Å²) in [6.45, 7) is -0.656. The maximum absolute atomic E-state index is 12.7. The van der Waals surface area contributed by atoms with Crippen LogP contribution in [0.15, 0.2) is 10.7 Å². The normalized spacial score (nSPS) is 10.9. The summed E-state index contributed by atoms with van der Waals surface area (Å²) in [5.41, 5.74) is -0.800. The average molecular weight is 256 g/mol. The Morgan fingerprint density at radius 1 is 1.54 bits per heavy atom. The second kappa shape index (κ2) is 4.06. The van der Waals surface area contributed by atoms with Gasteiger partial charge in [0.2, 0.25) is 0 Å². The van der Waals surface area contributed by atoms with Crippen molar-refractivity contribution in [2.75, 3.05) is 0 Å². The molecule has 0 aliphatic heterocycles. The second-order valence-corrected chi connectivity index (χ2v) is 3.02. The number of alkyl halides is 2. The van der Waals surface area contributed by atoms with Crippen LogP contribution in [0.2, 0.25) is 0 Å². The van der Waals surface area contributed by atoms with Crippen molar-refractivity contribution in [3.8, 4) is 0 Å². The van der Waals surface area contributed by atoms with E-state index in [4.69, 9.17) is 5.11 Å². The predicted molar refractivity (Wildman–Crippen MR) is 42.8 cm³/mol. The molecule has 0 saturated heterocycles. The van der Waals surface area contributed by atoms with Crippen molar-refractivity contribution in [2.24, 2.45) is 0 Å². The average Bonchev–Trinajstić information content (AvgIpc) is 2.08. The molecule has 0 radical (unpaired) electrons. The van der Waals surface area contributed by atoms with Crippen molar-refractivity contribution in [1.82, 2.24) is 4.98 Å². The maximum atomic E-state index is 12.7. The fourth-order valence-corrected chi connectivity index (χ4v) is 1.14. The highest BCUT2D eigenvalue weighted by atomic mass is 79.9. The Balaban J connectivity index is 3.25. The first kappa shape index (κ1) is 10.5. The highest BCUT2D eigenvalue weighted by Gasteiger charge is 2.17. The summed E-state index contributed by atoms with van der Waals surface area (Å²) in [6.07, 6.45) is -2.82. The number of rotatable bonds is 2. The molecule has 0 fully saturated rings. The van der Waals surface area contributed by atoms with Crippen LogP contribution in [0, 0.1) is 5.82 Å². The van der Waals surface area contributed by atoms with Crippen LogP contribution in [0.5, 0.6) is 0 Å². The molecule has 0 aliphatic rings. The minimum Gasteiger partial charge on any atom is -0.392 e. The van der Waals surface area contributed by atoms with E-state index in [1.54, 1.807) is 0 Å². The van der Waals surface area contributed by atoms with E-state index in [1.165, 1.54) is 0 Å². The van der Waals surface area contributed by atoms with Gasteiger partial charge < -0.3 is 5.11 Å². The molecule has 1 rings (SSSR count). The van der Waals surface area contributed by atoms with E-state index >= 15 is 0 Å². The van der Waals surface area contributed by atoms with Crippen LogP contribution in [0.4, 0.5) is 13.2 Å². The van der Waals surface area contributed by atoms with E-state index in [0.717, 1.165) is 6.07 Å². The van der Waals surface area contributed by atoms with Crippen LogP contribution in [0.25, 0.3) is 0 Å². The van der Waals surface area contributed by atoms with E-state index < -0.39 is 24.5 Å². The summed E-state index contributed by atoms with van der Waals surface area (Å²) >= 11 is 2.68. The van der Waals surface area contributed by atoms with Gasteiger partial charge >= 0.3 is 0 Å². The fourth-order valence-electron chi connectivity index (χ4n) is 0.833. The summed E-state index contributed by atoms with van der Waals surface area (Å²) in [7, 11) is 0. The third kappa shape index (κ3) is 2.19. The summed E-state index contributed by atoms with van der Waals surface area (Å²) in [4.78, 5) is 3.27. The Morgan fingerprint density at radius 3 is 2.62 bits per heavy atom. The zero-order chi connectivity index (χ0) is 10.0. The van der Waals surface area contributed by atoms with Gasteiger partial charge in [0.05, 0.1) is 6.61 Å². The molecule has 1 aromatic rings. The largest absolute Gasteiger partial charge is 0.392 e. The molecule has 0 atom stereocenters. The van der Waals surface area contributed by atoms with Crippen LogP contribution in [-0.4, -0.2) is 10.1 Å². The number of aliphatic hydroxyl groups excluding tert-OH is 1. The van der Waals surface area contributed by atoms with Crippen LogP contribution in [0.3, 0.4) is 0 Å². The molecular weight excluding hydrogens is 251 g/mol. The van der Waals surface area contributed by atoms with Crippen molar-refractivity contribution in [3.05, 3.63) is 27.7 Å². The van der Waals surface area contributed by atoms with Gasteiger partial charge in [-0.15, -0.1) is 0 Å². The highest BCUT2D eigenvalue weighted by molar-refractivity contribution is 9.10. The molecule has 0 bridgehead atoms. The van der Waals surface area contributed by atoms with Crippen LogP contribution in [-0.2, 0) is 6.61 Å². The first-order chi connectivity index (χ1) is 6.06. The predicted octanol–water partition coefficient (Wildman–Crippen LogP) is 2.41. The zero-order valence-electron chi connectivity index (χ0n) is 6.27. The minimum atomic E-state index is -2.82. The second-order valence-electron chi connectivity index (χ2n) is 2.26. The van der Waals surface area contributed by atoms with Gasteiger partial charge in [-0.1, -0.05) is 0 Å². The van der Waals surface area contributed by atoms with Crippen molar-refractivity contribution in [2.45, 2.75) is 13.0 Å². The van der Waals surface area contributed by atoms with E-state index in [-0.39, 0.29) is 10.2 Å². The third-order valence-corrected chi connectivity index (χ3v) is 1.98. The topological polar surface area (TPSA) is 33.1 Å². The van der Waals surface area contributed by atoms with Gasteiger partial charge in [0.1, 0.15) is 10.3 Å². The lowest BCUT2D eigenvalue weighted by atomic mass is 10.2. The van der Waals surface area contributed by atoms with Gasteiger partial charge in [-0.25, -0.2) is 18.2 Å². The summed E-state index contributed by atoms with van der Waals surface area (Å²) < 4.78 is 36.9. The van der Waals surface area contributed by atoms with Crippen molar-refractivity contribution < 1.29 is 18.3 Å². The molecule has 1 N–H and O–H groups in total. The SMILES string of the molecule is OCc1cc(F)c(Br)nc1C(F)F. The molecule has 72 valence electrons. The molecule has 1 aromatic heterocycles. The number of nitrogens with zero attached hydrogens (tertiary/aromatic N) is 1. The highest BCUT2D eigenvalue weighted by Crippen LogP contribution is 2.24. The molecule has 0 saturated carbocycles. The minimum absolute atomic E-state index is 0.198. The van der Waals surface area contributed by atoms with Gasteiger partial charge in [0.15, 0.2) is 5.82 Å². The Hall–Kier alpha value is -0.620. The Kier molecular flexibility index (Phi) is 3.27. The molecule has 0 amide bonds. The van der Waals surface area contributed by atoms with Gasteiger partial charge in [0, 0.05) is 5.56 Å². The van der Waals surface area contributed by atoms with Crippen LogP contribution in [0.1, 0.15) is 17.7 Å². The van der Waals surface area contributed by atoms with Crippen molar-refractivity contribution in [3.63, 3.8) is 0 Å². The van der Waals surface area contributed by atoms with Gasteiger partial charge in [0.25, 0.3) is 6.43 Å². The molecule has 0 aromatic carbocycles. The summed E-state index contributed by atoms with van der Waals surface area (Å²) in [6, 6.07) is 0.832. The maximum Gasteiger partial charge on any atom is 0.280 e. The Labute approximate surface area is 80.5 Å². The molecule has 0 aliphatic carbocycles. The van der Waals surface area contributed by atoms with E-state index in [2.05, 4.69) is 20.9 Å². The molecule has 2 nitrogen and oxygen atoms in total. The van der Waals surface area contributed by atoms with Crippen LogP contribution < -0.4 is 0 Å². The van der Waals surface area contributed by atoms with Crippen LogP contribution >= 0.6 is 15.9 Å². The van der Waals surface area contributed by atoms with Gasteiger partial charge in [-0.3, -0.25) is 0 Å². The molecular formula is C7H5BrF3NO. The lowest BCUT2D eigenvalue weighted by Gasteiger charge is -2.06. The monoisotopic (exact) mass is 255 g/mol. The smallest absolute Gasteiger partial charge is 0.280 e. The Morgan fingerprint density at radius 2 is 2.15 bits per heavy atom. The lowest BCUT2D eigenvalue weighted by molar-refractivity contribution is 0.141. The number of hydrogen-bond donors (Lipinski definition) is 1.